The molecule has 1 atom stereocenters. The molecule has 1 unspecified atom stereocenters. The summed E-state index contributed by atoms with van der Waals surface area (Å²) in [5.41, 5.74) is 2.19. The maximum atomic E-state index is 13.1. The first kappa shape index (κ1) is 17.2. The third-order valence-electron chi connectivity index (χ3n) is 3.70. The third-order valence-corrected chi connectivity index (χ3v) is 3.70. The van der Waals surface area contributed by atoms with Gasteiger partial charge in [-0.15, -0.1) is 0 Å². The quantitative estimate of drug-likeness (QED) is 0.731. The fourth-order valence-corrected chi connectivity index (χ4v) is 2.54. The van der Waals surface area contributed by atoms with Gasteiger partial charge in [-0.1, -0.05) is 49.4 Å². The Hall–Kier alpha value is -2.20. The van der Waals surface area contributed by atoms with Gasteiger partial charge in [-0.2, -0.15) is 0 Å². The monoisotopic (exact) mass is 315 g/mol. The fourth-order valence-electron chi connectivity index (χ4n) is 2.54. The standard InChI is InChI=1S/C19H22FNO2/c1-15(19(22)23-2)12-21(13-16-6-4-3-5-7-16)14-17-8-10-18(20)11-9-17/h3-11,15H,12-14H2,1-2H3. The lowest BCUT2D eigenvalue weighted by Crippen LogP contribution is -2.31. The predicted molar refractivity (Wildman–Crippen MR) is 88.1 cm³/mol. The summed E-state index contributed by atoms with van der Waals surface area (Å²) in [6.45, 7) is 3.81. The summed E-state index contributed by atoms with van der Waals surface area (Å²) in [5, 5.41) is 0. The first-order chi connectivity index (χ1) is 11.1. The number of hydrogen-bond donors (Lipinski definition) is 0. The number of hydrogen-bond acceptors (Lipinski definition) is 3. The molecule has 2 aromatic rings. The Balaban J connectivity index is 2.09. The van der Waals surface area contributed by atoms with Crippen molar-refractivity contribution in [2.45, 2.75) is 20.0 Å². The van der Waals surface area contributed by atoms with E-state index in [4.69, 9.17) is 4.74 Å². The third kappa shape index (κ3) is 5.49. The smallest absolute Gasteiger partial charge is 0.309 e. The van der Waals surface area contributed by atoms with Gasteiger partial charge in [0.15, 0.2) is 0 Å². The zero-order chi connectivity index (χ0) is 16.7. The van der Waals surface area contributed by atoms with E-state index in [-0.39, 0.29) is 17.7 Å². The second-order valence-electron chi connectivity index (χ2n) is 5.71. The zero-order valence-electron chi connectivity index (χ0n) is 13.5. The minimum absolute atomic E-state index is 0.218. The molecule has 23 heavy (non-hydrogen) atoms. The van der Waals surface area contributed by atoms with Crippen molar-refractivity contribution < 1.29 is 13.9 Å². The van der Waals surface area contributed by atoms with Crippen molar-refractivity contribution >= 4 is 5.97 Å². The van der Waals surface area contributed by atoms with Gasteiger partial charge in [-0.3, -0.25) is 9.69 Å². The van der Waals surface area contributed by atoms with Crippen LogP contribution in [0, 0.1) is 11.7 Å². The highest BCUT2D eigenvalue weighted by Gasteiger charge is 2.18. The minimum atomic E-state index is -0.244. The van der Waals surface area contributed by atoms with Crippen molar-refractivity contribution in [1.29, 1.82) is 0 Å². The van der Waals surface area contributed by atoms with Gasteiger partial charge in [0.05, 0.1) is 13.0 Å². The summed E-state index contributed by atoms with van der Waals surface area (Å²) in [7, 11) is 1.40. The molecular formula is C19H22FNO2. The highest BCUT2D eigenvalue weighted by molar-refractivity contribution is 5.72. The zero-order valence-corrected chi connectivity index (χ0v) is 13.5. The Morgan fingerprint density at radius 1 is 1.04 bits per heavy atom. The summed E-state index contributed by atoms with van der Waals surface area (Å²) < 4.78 is 17.9. The van der Waals surface area contributed by atoms with Crippen LogP contribution in [0.5, 0.6) is 0 Å². The van der Waals surface area contributed by atoms with Gasteiger partial charge in [-0.25, -0.2) is 4.39 Å². The molecule has 0 aliphatic carbocycles. The Labute approximate surface area is 136 Å². The van der Waals surface area contributed by atoms with E-state index in [9.17, 15) is 9.18 Å². The van der Waals surface area contributed by atoms with Gasteiger partial charge in [0, 0.05) is 19.6 Å². The van der Waals surface area contributed by atoms with E-state index in [0.717, 1.165) is 12.1 Å². The highest BCUT2D eigenvalue weighted by atomic mass is 19.1. The van der Waals surface area contributed by atoms with Crippen LogP contribution < -0.4 is 0 Å². The van der Waals surface area contributed by atoms with Crippen LogP contribution >= 0.6 is 0 Å². The SMILES string of the molecule is COC(=O)C(C)CN(Cc1ccccc1)Cc1ccc(F)cc1. The largest absolute Gasteiger partial charge is 0.469 e. The molecule has 0 fully saturated rings. The number of rotatable bonds is 7. The Kier molecular flexibility index (Phi) is 6.29. The molecule has 122 valence electrons. The lowest BCUT2D eigenvalue weighted by atomic mass is 10.1. The average Bonchev–Trinajstić information content (AvgIpc) is 2.57. The highest BCUT2D eigenvalue weighted by Crippen LogP contribution is 2.13. The molecule has 0 radical (unpaired) electrons. The van der Waals surface area contributed by atoms with Gasteiger partial charge in [0.1, 0.15) is 5.82 Å². The Morgan fingerprint density at radius 2 is 1.61 bits per heavy atom. The van der Waals surface area contributed by atoms with E-state index in [1.165, 1.54) is 24.8 Å². The van der Waals surface area contributed by atoms with E-state index < -0.39 is 0 Å². The van der Waals surface area contributed by atoms with Crippen molar-refractivity contribution in [2.75, 3.05) is 13.7 Å². The van der Waals surface area contributed by atoms with Crippen LogP contribution in [0.15, 0.2) is 54.6 Å². The molecule has 2 aromatic carbocycles. The normalized spacial score (nSPS) is 12.2. The van der Waals surface area contributed by atoms with E-state index >= 15 is 0 Å². The van der Waals surface area contributed by atoms with Crippen molar-refractivity contribution in [3.05, 3.63) is 71.5 Å². The molecule has 0 bridgehead atoms. The van der Waals surface area contributed by atoms with E-state index in [1.54, 1.807) is 12.1 Å². The number of benzene rings is 2. The Bertz CT molecular complexity index is 613. The number of ether oxygens (including phenoxy) is 1. The molecule has 0 amide bonds. The van der Waals surface area contributed by atoms with Crippen LogP contribution in [-0.2, 0) is 22.6 Å². The Morgan fingerprint density at radius 3 is 2.17 bits per heavy atom. The second kappa shape index (κ2) is 8.44. The first-order valence-electron chi connectivity index (χ1n) is 7.67. The minimum Gasteiger partial charge on any atom is -0.469 e. The molecule has 0 aliphatic rings. The number of halogens is 1. The van der Waals surface area contributed by atoms with Gasteiger partial charge >= 0.3 is 5.97 Å². The first-order valence-corrected chi connectivity index (χ1v) is 7.67. The molecule has 0 spiro atoms. The number of carbonyl (C=O) groups excluding carboxylic acids is 1. The fraction of sp³-hybridized carbons (Fsp3) is 0.316. The molecule has 2 rings (SSSR count). The molecule has 0 heterocycles. The van der Waals surface area contributed by atoms with Crippen molar-refractivity contribution in [1.82, 2.24) is 4.90 Å². The maximum absolute atomic E-state index is 13.1. The van der Waals surface area contributed by atoms with E-state index in [0.29, 0.717) is 13.1 Å². The van der Waals surface area contributed by atoms with Crippen molar-refractivity contribution in [2.24, 2.45) is 5.92 Å². The summed E-state index contributed by atoms with van der Waals surface area (Å²) >= 11 is 0. The molecule has 3 nitrogen and oxygen atoms in total. The molecule has 0 aliphatic heterocycles. The molecular weight excluding hydrogens is 293 g/mol. The number of nitrogens with zero attached hydrogens (tertiary/aromatic N) is 1. The average molecular weight is 315 g/mol. The van der Waals surface area contributed by atoms with Crippen molar-refractivity contribution in [3.8, 4) is 0 Å². The van der Waals surface area contributed by atoms with Crippen molar-refractivity contribution in [3.63, 3.8) is 0 Å². The van der Waals surface area contributed by atoms with Crippen LogP contribution in [0.2, 0.25) is 0 Å². The lowest BCUT2D eigenvalue weighted by molar-refractivity contribution is -0.145. The van der Waals surface area contributed by atoms with Gasteiger partial charge < -0.3 is 4.74 Å². The number of carbonyl (C=O) groups is 1. The molecule has 4 heteroatoms. The van der Waals surface area contributed by atoms with Crippen LogP contribution in [0.1, 0.15) is 18.1 Å². The number of methoxy groups -OCH3 is 1. The van der Waals surface area contributed by atoms with Crippen LogP contribution in [0.3, 0.4) is 0 Å². The summed E-state index contributed by atoms with van der Waals surface area (Å²) in [6.07, 6.45) is 0. The predicted octanol–water partition coefficient (Wildman–Crippen LogP) is 3.64. The summed E-state index contributed by atoms with van der Waals surface area (Å²) in [4.78, 5) is 13.9. The molecule has 0 saturated carbocycles. The van der Waals surface area contributed by atoms with E-state index in [2.05, 4.69) is 17.0 Å². The molecule has 0 aromatic heterocycles. The van der Waals surface area contributed by atoms with Gasteiger partial charge in [-0.05, 0) is 23.3 Å². The summed E-state index contributed by atoms with van der Waals surface area (Å²) in [5.74, 6) is -0.683. The van der Waals surface area contributed by atoms with Crippen LogP contribution in [0.4, 0.5) is 4.39 Å². The van der Waals surface area contributed by atoms with Crippen LogP contribution in [0.25, 0.3) is 0 Å². The van der Waals surface area contributed by atoms with Crippen LogP contribution in [-0.4, -0.2) is 24.5 Å². The van der Waals surface area contributed by atoms with Gasteiger partial charge in [0.25, 0.3) is 0 Å². The van der Waals surface area contributed by atoms with Gasteiger partial charge in [0.2, 0.25) is 0 Å². The molecule has 0 saturated heterocycles. The number of esters is 1. The summed E-state index contributed by atoms with van der Waals surface area (Å²) in [6, 6.07) is 16.5. The topological polar surface area (TPSA) is 29.5 Å². The lowest BCUT2D eigenvalue weighted by Gasteiger charge is -2.25. The second-order valence-corrected chi connectivity index (χ2v) is 5.71. The van der Waals surface area contributed by atoms with E-state index in [1.807, 2.05) is 25.1 Å². The molecule has 0 N–H and O–H groups in total. The maximum Gasteiger partial charge on any atom is 0.309 e.